The number of piperidine rings is 2. The first-order chi connectivity index (χ1) is 32.5. The number of nitrogens with zero attached hydrogens (tertiary/aromatic N) is 5. The van der Waals surface area contributed by atoms with Crippen molar-refractivity contribution in [2.75, 3.05) is 31.5 Å². The maximum absolute atomic E-state index is 15.3. The van der Waals surface area contributed by atoms with Crippen LogP contribution in [0.15, 0.2) is 67.3 Å². The largest absolute Gasteiger partial charge is 0.573 e. The van der Waals surface area contributed by atoms with Gasteiger partial charge in [-0.1, -0.05) is 24.6 Å². The highest BCUT2D eigenvalue weighted by molar-refractivity contribution is 6.25. The second-order valence-corrected chi connectivity index (χ2v) is 16.6. The number of nitrogens with two attached hydrogens (primary N) is 1. The molecule has 1 unspecified atom stereocenters. The summed E-state index contributed by atoms with van der Waals surface area (Å²) in [5.41, 5.74) is 7.84. The predicted octanol–water partition coefficient (Wildman–Crippen LogP) is 4.47. The normalized spacial score (nSPS) is 18.3. The first-order valence-corrected chi connectivity index (χ1v) is 22.1. The highest BCUT2D eigenvalue weighted by Crippen LogP contribution is 2.33. The number of primary amides is 1. The van der Waals surface area contributed by atoms with Gasteiger partial charge >= 0.3 is 6.36 Å². The number of imide groups is 2. The number of rotatable bonds is 20. The van der Waals surface area contributed by atoms with Gasteiger partial charge in [0.2, 0.25) is 29.5 Å². The fraction of sp³-hybridized carbons (Fsp3) is 0.413. The minimum atomic E-state index is -4.85. The van der Waals surface area contributed by atoms with Gasteiger partial charge in [0, 0.05) is 69.1 Å². The summed E-state index contributed by atoms with van der Waals surface area (Å²) in [7, 11) is 0. The summed E-state index contributed by atoms with van der Waals surface area (Å²) in [5.74, 6) is -4.20. The van der Waals surface area contributed by atoms with Gasteiger partial charge in [-0.3, -0.25) is 43.8 Å². The first kappa shape index (κ1) is 48.5. The number of benzene rings is 2. The SMILES string of the molecule is NC(=O)c1cc(-c2cn(CCCCNC(=O)CCCCCNc3cccc4c3C(=O)N(C3CCC(=O)NC3=O)C4=O)cn2)cnc1O[C@@H]1CCN(C(=O)Cc2ccc(OC(F)(F)F)cc2)C[C@H]1F. The molecule has 2 fully saturated rings. The number of ether oxygens (including phenoxy) is 2. The molecule has 2 aromatic heterocycles. The number of halogens is 4. The summed E-state index contributed by atoms with van der Waals surface area (Å²) in [4.78, 5) is 99.0. The van der Waals surface area contributed by atoms with Crippen LogP contribution in [0.25, 0.3) is 11.3 Å². The van der Waals surface area contributed by atoms with Gasteiger partial charge in [0.05, 0.1) is 36.1 Å². The summed E-state index contributed by atoms with van der Waals surface area (Å²) in [5, 5.41) is 8.33. The molecule has 0 radical (unpaired) electrons. The summed E-state index contributed by atoms with van der Waals surface area (Å²) >= 11 is 0. The van der Waals surface area contributed by atoms with Crippen LogP contribution in [0.2, 0.25) is 0 Å². The Bertz CT molecular complexity index is 2550. The third kappa shape index (κ3) is 12.1. The second-order valence-electron chi connectivity index (χ2n) is 16.6. The lowest BCUT2D eigenvalue weighted by atomic mass is 10.0. The maximum atomic E-state index is 15.3. The molecule has 0 bridgehead atoms. The zero-order chi connectivity index (χ0) is 48.5. The molecule has 5 heterocycles. The molecule has 0 aliphatic carbocycles. The lowest BCUT2D eigenvalue weighted by Crippen LogP contribution is -2.54. The van der Waals surface area contributed by atoms with E-state index in [1.165, 1.54) is 35.4 Å². The van der Waals surface area contributed by atoms with E-state index < -0.39 is 65.9 Å². The van der Waals surface area contributed by atoms with Crippen LogP contribution in [-0.2, 0) is 32.1 Å². The number of amides is 7. The average molecular weight is 948 g/mol. The Morgan fingerprint density at radius 1 is 0.926 bits per heavy atom. The number of aryl methyl sites for hydroxylation is 1. The number of alkyl halides is 4. The zero-order valence-corrected chi connectivity index (χ0v) is 36.7. The Morgan fingerprint density at radius 2 is 1.71 bits per heavy atom. The third-order valence-electron chi connectivity index (χ3n) is 11.7. The molecule has 3 atom stereocenters. The van der Waals surface area contributed by atoms with Gasteiger partial charge in [0.15, 0.2) is 6.17 Å². The smallest absolute Gasteiger partial charge is 0.471 e. The lowest BCUT2D eigenvalue weighted by Gasteiger charge is -2.34. The number of likely N-dealkylation sites (tertiary alicyclic amines) is 1. The molecule has 0 spiro atoms. The fourth-order valence-electron chi connectivity index (χ4n) is 8.18. The Morgan fingerprint density at radius 3 is 2.44 bits per heavy atom. The van der Waals surface area contributed by atoms with Crippen molar-refractivity contribution < 1.29 is 60.6 Å². The van der Waals surface area contributed by atoms with Crippen molar-refractivity contribution in [3.8, 4) is 22.9 Å². The standard InChI is InChI=1S/C46H49F4N9O9/c47-32-24-58(39(62)21-27-10-12-29(13-11-27)68-46(48,49)50)20-16-36(32)67-43-31(41(51)63)22-28(23-54-43)34-25-57(26-55-34)19-5-4-18-53-37(60)9-2-1-3-17-52-33-8-6-7-30-40(33)45(66)59(44(30)65)35-14-15-38(61)56-42(35)64/h6-8,10-13,22-23,25-26,32,35-36,52H,1-5,9,14-21,24H2,(H2,51,63)(H,53,60)(H,56,61,64)/t32-,35?,36-/m1/s1. The Kier molecular flexibility index (Phi) is 15.3. The van der Waals surface area contributed by atoms with E-state index in [1.807, 2.05) is 4.57 Å². The zero-order valence-electron chi connectivity index (χ0n) is 36.7. The van der Waals surface area contributed by atoms with E-state index in [2.05, 4.69) is 30.7 Å². The van der Waals surface area contributed by atoms with E-state index in [1.54, 1.807) is 24.7 Å². The number of imidazole rings is 1. The van der Waals surface area contributed by atoms with Gasteiger partial charge in [0.1, 0.15) is 23.5 Å². The number of hydrogen-bond donors (Lipinski definition) is 4. The molecule has 4 aromatic rings. The number of carbonyl (C=O) groups excluding carboxylic acids is 7. The Balaban J connectivity index is 0.782. The molecule has 2 aromatic carbocycles. The summed E-state index contributed by atoms with van der Waals surface area (Å²) < 4.78 is 64.2. The van der Waals surface area contributed by atoms with Crippen molar-refractivity contribution in [2.45, 2.75) is 95.4 Å². The van der Waals surface area contributed by atoms with Crippen LogP contribution >= 0.6 is 0 Å². The third-order valence-corrected chi connectivity index (χ3v) is 11.7. The first-order valence-electron chi connectivity index (χ1n) is 22.1. The lowest BCUT2D eigenvalue weighted by molar-refractivity contribution is -0.274. The number of nitrogens with one attached hydrogen (secondary N) is 3. The monoisotopic (exact) mass is 947 g/mol. The van der Waals surface area contributed by atoms with E-state index in [-0.39, 0.29) is 67.3 Å². The number of carbonyl (C=O) groups is 7. The van der Waals surface area contributed by atoms with Crippen molar-refractivity contribution in [3.63, 3.8) is 0 Å². The molecular weight excluding hydrogens is 899 g/mol. The molecule has 5 N–H and O–H groups in total. The molecule has 68 heavy (non-hydrogen) atoms. The average Bonchev–Trinajstić information content (AvgIpc) is 3.87. The number of anilines is 1. The molecule has 2 saturated heterocycles. The van der Waals surface area contributed by atoms with Gasteiger partial charge in [-0.05, 0) is 68.0 Å². The minimum Gasteiger partial charge on any atom is -0.471 e. The molecule has 7 amide bonds. The van der Waals surface area contributed by atoms with Crippen molar-refractivity contribution >= 4 is 47.0 Å². The second kappa shape index (κ2) is 21.5. The summed E-state index contributed by atoms with van der Waals surface area (Å²) in [6.07, 6.45) is 1.18. The Hall–Kier alpha value is -7.39. The van der Waals surface area contributed by atoms with E-state index >= 15 is 4.39 Å². The van der Waals surface area contributed by atoms with Crippen molar-refractivity contribution in [1.29, 1.82) is 0 Å². The van der Waals surface area contributed by atoms with Crippen LogP contribution in [0.5, 0.6) is 11.6 Å². The van der Waals surface area contributed by atoms with Gasteiger partial charge in [0.25, 0.3) is 17.7 Å². The highest BCUT2D eigenvalue weighted by atomic mass is 19.4. The quantitative estimate of drug-likeness (QED) is 0.0546. The number of aromatic nitrogens is 3. The van der Waals surface area contributed by atoms with Crippen molar-refractivity contribution in [1.82, 2.24) is 35.0 Å². The molecule has 3 aliphatic rings. The van der Waals surface area contributed by atoms with E-state index in [0.717, 1.165) is 29.9 Å². The van der Waals surface area contributed by atoms with Crippen LogP contribution < -0.4 is 31.2 Å². The van der Waals surface area contributed by atoms with Crippen molar-refractivity contribution in [3.05, 3.63) is 89.5 Å². The number of fused-ring (bicyclic) bond motifs is 1. The number of unbranched alkanes of at least 4 members (excludes halogenated alkanes) is 3. The van der Waals surface area contributed by atoms with Crippen LogP contribution in [0.3, 0.4) is 0 Å². The van der Waals surface area contributed by atoms with E-state index in [9.17, 15) is 46.7 Å². The molecule has 22 heteroatoms. The van der Waals surface area contributed by atoms with Gasteiger partial charge in [-0.15, -0.1) is 13.2 Å². The number of hydrogen-bond acceptors (Lipinski definition) is 12. The molecule has 0 saturated carbocycles. The number of pyridine rings is 1. The topological polar surface area (TPSA) is 237 Å². The van der Waals surface area contributed by atoms with E-state index in [0.29, 0.717) is 67.8 Å². The fourth-order valence-corrected chi connectivity index (χ4v) is 8.18. The van der Waals surface area contributed by atoms with Gasteiger partial charge in [-0.2, -0.15) is 0 Å². The van der Waals surface area contributed by atoms with Gasteiger partial charge < -0.3 is 35.3 Å². The predicted molar refractivity (Wildman–Crippen MR) is 234 cm³/mol. The molecule has 360 valence electrons. The van der Waals surface area contributed by atoms with Crippen LogP contribution in [0.4, 0.5) is 23.2 Å². The molecule has 18 nitrogen and oxygen atoms in total. The van der Waals surface area contributed by atoms with Crippen molar-refractivity contribution in [2.24, 2.45) is 5.73 Å². The minimum absolute atomic E-state index is 0.0365. The highest BCUT2D eigenvalue weighted by Gasteiger charge is 2.45. The van der Waals surface area contributed by atoms with Gasteiger partial charge in [-0.25, -0.2) is 14.4 Å². The Labute approximate surface area is 386 Å². The van der Waals surface area contributed by atoms with Crippen LogP contribution in [0, 0.1) is 0 Å². The molecular formula is C46H49F4N9O9. The molecule has 7 rings (SSSR count). The molecule has 3 aliphatic heterocycles. The summed E-state index contributed by atoms with van der Waals surface area (Å²) in [6.45, 7) is 1.38. The van der Waals surface area contributed by atoms with Crippen LogP contribution in [-0.4, -0.2) is 117 Å². The maximum Gasteiger partial charge on any atom is 0.573 e. The van der Waals surface area contributed by atoms with E-state index in [4.69, 9.17) is 10.5 Å². The summed E-state index contributed by atoms with van der Waals surface area (Å²) in [6, 6.07) is 10.1. The van der Waals surface area contributed by atoms with Crippen LogP contribution in [0.1, 0.15) is 94.4 Å².